The molecule has 0 spiro atoms. The van der Waals surface area contributed by atoms with Gasteiger partial charge in [0.2, 0.25) is 10.0 Å². The highest BCUT2D eigenvalue weighted by molar-refractivity contribution is 7.89. The van der Waals surface area contributed by atoms with E-state index >= 15 is 0 Å². The number of carbonyl (C=O) groups excluding carboxylic acids is 1. The number of furan rings is 1. The van der Waals surface area contributed by atoms with Crippen LogP contribution in [0.3, 0.4) is 0 Å². The van der Waals surface area contributed by atoms with E-state index in [1.165, 1.54) is 34.7 Å². The van der Waals surface area contributed by atoms with Gasteiger partial charge in [-0.15, -0.1) is 6.42 Å². The molecule has 3 rings (SSSR count). The van der Waals surface area contributed by atoms with Crippen LogP contribution < -0.4 is 4.74 Å². The zero-order valence-corrected chi connectivity index (χ0v) is 18.0. The van der Waals surface area contributed by atoms with E-state index < -0.39 is 10.0 Å². The van der Waals surface area contributed by atoms with E-state index in [0.717, 1.165) is 19.3 Å². The van der Waals surface area contributed by atoms with E-state index in [1.807, 2.05) is 6.92 Å². The predicted molar refractivity (Wildman–Crippen MR) is 112 cm³/mol. The molecule has 1 amide bonds. The summed E-state index contributed by atoms with van der Waals surface area (Å²) in [7, 11) is -2.41. The van der Waals surface area contributed by atoms with Crippen molar-refractivity contribution in [1.29, 1.82) is 0 Å². The monoisotopic (exact) mass is 430 g/mol. The molecule has 1 saturated heterocycles. The number of terminal acetylenes is 1. The fourth-order valence-corrected chi connectivity index (χ4v) is 5.53. The Morgan fingerprint density at radius 3 is 2.80 bits per heavy atom. The van der Waals surface area contributed by atoms with Gasteiger partial charge in [-0.25, -0.2) is 8.42 Å². The molecular weight excluding hydrogens is 404 g/mol. The standard InChI is InChI=1S/C22H26N2O5S/c1-4-12-23(16-19-9-7-14-29-19)22(25)18-10-11-20(28-3)21(15-18)30(26,27)24-13-6-5-8-17(24)2/h1,7,9-11,14-15,17H,5-6,8,12-13,16H2,2-3H3. The number of amides is 1. The molecule has 0 N–H and O–H groups in total. The number of piperidine rings is 1. The number of ether oxygens (including phenoxy) is 1. The second kappa shape index (κ2) is 9.37. The molecule has 0 saturated carbocycles. The van der Waals surface area contributed by atoms with Gasteiger partial charge in [-0.2, -0.15) is 4.31 Å². The van der Waals surface area contributed by atoms with Crippen LogP contribution in [0.25, 0.3) is 0 Å². The largest absolute Gasteiger partial charge is 0.495 e. The smallest absolute Gasteiger partial charge is 0.255 e. The molecule has 1 aliphatic rings. The molecular formula is C22H26N2O5S. The molecule has 0 bridgehead atoms. The van der Waals surface area contributed by atoms with E-state index in [-0.39, 0.29) is 41.2 Å². The minimum atomic E-state index is -3.82. The zero-order valence-electron chi connectivity index (χ0n) is 17.2. The molecule has 1 atom stereocenters. The van der Waals surface area contributed by atoms with Gasteiger partial charge in [0.1, 0.15) is 16.4 Å². The first-order valence-corrected chi connectivity index (χ1v) is 11.3. The van der Waals surface area contributed by atoms with Crippen molar-refractivity contribution >= 4 is 15.9 Å². The highest BCUT2D eigenvalue weighted by Crippen LogP contribution is 2.32. The second-order valence-electron chi connectivity index (χ2n) is 7.27. The van der Waals surface area contributed by atoms with E-state index in [9.17, 15) is 13.2 Å². The van der Waals surface area contributed by atoms with Crippen molar-refractivity contribution in [3.63, 3.8) is 0 Å². The Morgan fingerprint density at radius 2 is 2.17 bits per heavy atom. The molecule has 1 fully saturated rings. The summed E-state index contributed by atoms with van der Waals surface area (Å²) in [4.78, 5) is 14.5. The molecule has 1 aromatic heterocycles. The summed E-state index contributed by atoms with van der Waals surface area (Å²) in [5.74, 6) is 2.88. The van der Waals surface area contributed by atoms with Gasteiger partial charge >= 0.3 is 0 Å². The van der Waals surface area contributed by atoms with Crippen molar-refractivity contribution in [1.82, 2.24) is 9.21 Å². The quantitative estimate of drug-likeness (QED) is 0.631. The molecule has 1 unspecified atom stereocenters. The Bertz CT molecular complexity index is 1020. The van der Waals surface area contributed by atoms with Gasteiger partial charge in [-0.05, 0) is 50.1 Å². The molecule has 1 aromatic carbocycles. The number of sulfonamides is 1. The summed E-state index contributed by atoms with van der Waals surface area (Å²) in [5, 5.41) is 0. The van der Waals surface area contributed by atoms with Crippen molar-refractivity contribution in [2.24, 2.45) is 0 Å². The fourth-order valence-electron chi connectivity index (χ4n) is 3.65. The average molecular weight is 431 g/mol. The van der Waals surface area contributed by atoms with Crippen molar-refractivity contribution in [2.75, 3.05) is 20.2 Å². The SMILES string of the molecule is C#CCN(Cc1ccco1)C(=O)c1ccc(OC)c(S(=O)(=O)N2CCCCC2C)c1. The lowest BCUT2D eigenvalue weighted by molar-refractivity contribution is 0.0755. The van der Waals surface area contributed by atoms with Gasteiger partial charge in [-0.3, -0.25) is 4.79 Å². The van der Waals surface area contributed by atoms with Crippen LogP contribution in [0.15, 0.2) is 45.9 Å². The van der Waals surface area contributed by atoms with Crippen molar-refractivity contribution < 1.29 is 22.4 Å². The topological polar surface area (TPSA) is 80.1 Å². The number of rotatable bonds is 7. The lowest BCUT2D eigenvalue weighted by Crippen LogP contribution is -2.42. The van der Waals surface area contributed by atoms with Gasteiger partial charge < -0.3 is 14.1 Å². The molecule has 0 aliphatic carbocycles. The van der Waals surface area contributed by atoms with Gasteiger partial charge in [0.25, 0.3) is 5.91 Å². The number of carbonyl (C=O) groups is 1. The van der Waals surface area contributed by atoms with Gasteiger partial charge in [0.15, 0.2) is 0 Å². The van der Waals surface area contributed by atoms with Crippen molar-refractivity contribution in [2.45, 2.75) is 43.7 Å². The number of methoxy groups -OCH3 is 1. The minimum absolute atomic E-state index is 0.0109. The summed E-state index contributed by atoms with van der Waals surface area (Å²) >= 11 is 0. The number of hydrogen-bond donors (Lipinski definition) is 0. The Labute approximate surface area is 177 Å². The van der Waals surface area contributed by atoms with Gasteiger partial charge in [0, 0.05) is 18.2 Å². The van der Waals surface area contributed by atoms with Crippen molar-refractivity contribution in [3.8, 4) is 18.1 Å². The van der Waals surface area contributed by atoms with Crippen LogP contribution in [-0.2, 0) is 16.6 Å². The van der Waals surface area contributed by atoms with E-state index in [0.29, 0.717) is 12.3 Å². The maximum atomic E-state index is 13.4. The highest BCUT2D eigenvalue weighted by Gasteiger charge is 2.34. The predicted octanol–water partition coefficient (Wildman–Crippen LogP) is 3.13. The summed E-state index contributed by atoms with van der Waals surface area (Å²) in [6, 6.07) is 7.80. The number of hydrogen-bond acceptors (Lipinski definition) is 5. The summed E-state index contributed by atoms with van der Waals surface area (Å²) in [5.41, 5.74) is 0.223. The fraction of sp³-hybridized carbons (Fsp3) is 0.409. The Morgan fingerprint density at radius 1 is 1.37 bits per heavy atom. The van der Waals surface area contributed by atoms with Crippen LogP contribution in [0.2, 0.25) is 0 Å². The molecule has 30 heavy (non-hydrogen) atoms. The van der Waals surface area contributed by atoms with Gasteiger partial charge in [0.05, 0.1) is 26.5 Å². The lowest BCUT2D eigenvalue weighted by atomic mass is 10.1. The number of nitrogens with zero attached hydrogens (tertiary/aromatic N) is 2. The molecule has 0 radical (unpaired) electrons. The maximum absolute atomic E-state index is 13.4. The third kappa shape index (κ3) is 4.53. The number of benzene rings is 1. The zero-order chi connectivity index (χ0) is 21.7. The van der Waals surface area contributed by atoms with Crippen LogP contribution >= 0.6 is 0 Å². The van der Waals surface area contributed by atoms with E-state index in [4.69, 9.17) is 15.6 Å². The first-order chi connectivity index (χ1) is 14.4. The average Bonchev–Trinajstić information content (AvgIpc) is 3.26. The van der Waals surface area contributed by atoms with Crippen LogP contribution in [-0.4, -0.2) is 49.8 Å². The highest BCUT2D eigenvalue weighted by atomic mass is 32.2. The Hall–Kier alpha value is -2.76. The van der Waals surface area contributed by atoms with Crippen molar-refractivity contribution in [3.05, 3.63) is 47.9 Å². The molecule has 8 heteroatoms. The lowest BCUT2D eigenvalue weighted by Gasteiger charge is -2.32. The third-order valence-electron chi connectivity index (χ3n) is 5.24. The summed E-state index contributed by atoms with van der Waals surface area (Å²) < 4.78 is 38.9. The van der Waals surface area contributed by atoms with Crippen LogP contribution in [0.1, 0.15) is 42.3 Å². The minimum Gasteiger partial charge on any atom is -0.495 e. The molecule has 160 valence electrons. The third-order valence-corrected chi connectivity index (χ3v) is 7.27. The van der Waals surface area contributed by atoms with Crippen LogP contribution in [0.5, 0.6) is 5.75 Å². The van der Waals surface area contributed by atoms with E-state index in [2.05, 4.69) is 5.92 Å². The summed E-state index contributed by atoms with van der Waals surface area (Å²) in [6.45, 7) is 2.60. The van der Waals surface area contributed by atoms with Crippen LogP contribution in [0, 0.1) is 12.3 Å². The first kappa shape index (κ1) is 21.9. The van der Waals surface area contributed by atoms with E-state index in [1.54, 1.807) is 18.2 Å². The van der Waals surface area contributed by atoms with Gasteiger partial charge in [-0.1, -0.05) is 12.3 Å². The molecule has 7 nitrogen and oxygen atoms in total. The molecule has 2 aromatic rings. The normalized spacial score (nSPS) is 17.3. The summed E-state index contributed by atoms with van der Waals surface area (Å²) in [6.07, 6.45) is 9.56. The molecule has 2 heterocycles. The molecule has 1 aliphatic heterocycles. The Balaban J connectivity index is 1.96. The first-order valence-electron chi connectivity index (χ1n) is 9.83. The maximum Gasteiger partial charge on any atom is 0.255 e. The second-order valence-corrected chi connectivity index (χ2v) is 9.13. The van der Waals surface area contributed by atoms with Crippen LogP contribution in [0.4, 0.5) is 0 Å². The Kier molecular flexibility index (Phi) is 6.85.